The van der Waals surface area contributed by atoms with Crippen molar-refractivity contribution in [3.63, 3.8) is 0 Å². The highest BCUT2D eigenvalue weighted by Gasteiger charge is 2.36. The van der Waals surface area contributed by atoms with Crippen molar-refractivity contribution in [3.05, 3.63) is 36.2 Å². The molecule has 2 atom stereocenters. The van der Waals surface area contributed by atoms with Gasteiger partial charge >= 0.3 is 0 Å². The summed E-state index contributed by atoms with van der Waals surface area (Å²) in [5.41, 5.74) is 3.27. The molecule has 2 aromatic rings. The molecule has 0 bridgehead atoms. The maximum absolute atomic E-state index is 12.9. The van der Waals surface area contributed by atoms with Crippen LogP contribution in [0.3, 0.4) is 0 Å². The highest BCUT2D eigenvalue weighted by atomic mass is 16.5. The normalized spacial score (nSPS) is 21.5. The minimum atomic E-state index is -0.00322. The summed E-state index contributed by atoms with van der Waals surface area (Å²) in [7, 11) is 3.60. The first-order valence-corrected chi connectivity index (χ1v) is 9.97. The number of hydrogen-bond acceptors (Lipinski definition) is 5. The molecule has 1 aromatic heterocycles. The molecule has 0 radical (unpaired) electrons. The number of fused-ring (bicyclic) bond motifs is 1. The van der Waals surface area contributed by atoms with E-state index < -0.39 is 0 Å². The number of carbonyl (C=O) groups excluding carboxylic acids is 1. The van der Waals surface area contributed by atoms with Gasteiger partial charge in [-0.1, -0.05) is 13.0 Å². The Morgan fingerprint density at radius 3 is 2.93 bits per heavy atom. The number of carbonyl (C=O) groups is 1. The Morgan fingerprint density at radius 2 is 2.18 bits per heavy atom. The van der Waals surface area contributed by atoms with Gasteiger partial charge in [0.25, 0.3) is 0 Å². The Bertz CT molecular complexity index is 849. The first kappa shape index (κ1) is 19.0. The van der Waals surface area contributed by atoms with Crippen molar-refractivity contribution in [3.8, 4) is 16.9 Å². The molecule has 0 spiro atoms. The second-order valence-corrected chi connectivity index (χ2v) is 7.80. The molecule has 7 heteroatoms. The number of nitrogens with zero attached hydrogens (tertiary/aromatic N) is 4. The van der Waals surface area contributed by atoms with Crippen LogP contribution in [0.25, 0.3) is 11.1 Å². The van der Waals surface area contributed by atoms with E-state index in [1.807, 2.05) is 30.4 Å². The minimum Gasteiger partial charge on any atom is -0.496 e. The zero-order valence-corrected chi connectivity index (χ0v) is 16.9. The number of hydrogen-bond donors (Lipinski definition) is 1. The lowest BCUT2D eigenvalue weighted by Crippen LogP contribution is -2.64. The summed E-state index contributed by atoms with van der Waals surface area (Å²) < 4.78 is 7.35. The molecular formula is C21H29N5O2. The summed E-state index contributed by atoms with van der Waals surface area (Å²) in [5.74, 6) is 1.33. The number of nitrogens with one attached hydrogen (secondary N) is 1. The van der Waals surface area contributed by atoms with Crippen LogP contribution in [0, 0.1) is 0 Å². The molecule has 7 nitrogen and oxygen atoms in total. The summed E-state index contributed by atoms with van der Waals surface area (Å²) in [5, 5.41) is 7.63. The van der Waals surface area contributed by atoms with Gasteiger partial charge in [-0.15, -0.1) is 0 Å². The van der Waals surface area contributed by atoms with Gasteiger partial charge in [-0.25, -0.2) is 0 Å². The van der Waals surface area contributed by atoms with E-state index in [0.717, 1.165) is 56.1 Å². The molecule has 1 N–H and O–H groups in total. The van der Waals surface area contributed by atoms with Crippen molar-refractivity contribution >= 4 is 5.91 Å². The van der Waals surface area contributed by atoms with E-state index in [2.05, 4.69) is 34.4 Å². The Balaban J connectivity index is 1.52. The van der Waals surface area contributed by atoms with E-state index in [-0.39, 0.29) is 17.9 Å². The molecule has 3 heterocycles. The third-order valence-corrected chi connectivity index (χ3v) is 5.91. The number of rotatable bonds is 5. The largest absolute Gasteiger partial charge is 0.496 e. The van der Waals surface area contributed by atoms with E-state index in [0.29, 0.717) is 0 Å². The molecule has 1 aromatic carbocycles. The molecule has 1 unspecified atom stereocenters. The van der Waals surface area contributed by atoms with Crippen LogP contribution in [0.1, 0.15) is 18.4 Å². The number of methoxy groups -OCH3 is 1. The molecule has 2 aliphatic heterocycles. The summed E-state index contributed by atoms with van der Waals surface area (Å²) in [4.78, 5) is 17.3. The fraction of sp³-hybridized carbons (Fsp3) is 0.524. The van der Waals surface area contributed by atoms with Crippen molar-refractivity contribution in [1.82, 2.24) is 24.9 Å². The SMILES string of the molecule is COc1ccc(C(C)CN2CCN3CCNC[C@@H]3C2=O)cc1-c1cnn(C)c1. The van der Waals surface area contributed by atoms with Crippen LogP contribution in [-0.4, -0.2) is 77.9 Å². The second-order valence-electron chi connectivity index (χ2n) is 7.80. The summed E-state index contributed by atoms with van der Waals surface area (Å²) in [6, 6.07) is 6.28. The van der Waals surface area contributed by atoms with E-state index in [4.69, 9.17) is 4.74 Å². The van der Waals surface area contributed by atoms with Crippen molar-refractivity contribution in [2.75, 3.05) is 46.4 Å². The van der Waals surface area contributed by atoms with Crippen LogP contribution in [0.15, 0.2) is 30.6 Å². The number of aromatic nitrogens is 2. The van der Waals surface area contributed by atoms with E-state index in [1.165, 1.54) is 5.56 Å². The minimum absolute atomic E-state index is 0.00322. The van der Waals surface area contributed by atoms with Crippen LogP contribution in [0.5, 0.6) is 5.75 Å². The van der Waals surface area contributed by atoms with Gasteiger partial charge in [-0.3, -0.25) is 14.4 Å². The van der Waals surface area contributed by atoms with Gasteiger partial charge in [0, 0.05) is 63.6 Å². The van der Waals surface area contributed by atoms with Gasteiger partial charge in [0.05, 0.1) is 13.3 Å². The topological polar surface area (TPSA) is 62.6 Å². The molecular weight excluding hydrogens is 354 g/mol. The highest BCUT2D eigenvalue weighted by Crippen LogP contribution is 2.33. The Hall–Kier alpha value is -2.38. The quantitative estimate of drug-likeness (QED) is 0.844. The van der Waals surface area contributed by atoms with Crippen LogP contribution in [-0.2, 0) is 11.8 Å². The number of aryl methyl sites for hydroxylation is 1. The van der Waals surface area contributed by atoms with Gasteiger partial charge in [0.15, 0.2) is 0 Å². The molecule has 2 saturated heterocycles. The van der Waals surface area contributed by atoms with Crippen molar-refractivity contribution < 1.29 is 9.53 Å². The first-order chi connectivity index (χ1) is 13.6. The number of ether oxygens (including phenoxy) is 1. The third kappa shape index (κ3) is 3.64. The van der Waals surface area contributed by atoms with E-state index in [1.54, 1.807) is 11.8 Å². The van der Waals surface area contributed by atoms with Gasteiger partial charge in [-0.2, -0.15) is 5.10 Å². The standard InChI is InChI=1S/C21H29N5O2/c1-15(13-26-9-8-25-7-6-22-12-19(25)21(26)27)16-4-5-20(28-3)18(10-16)17-11-23-24(2)14-17/h4-5,10-11,14-15,19,22H,6-9,12-13H2,1-3H3/t15?,19-/m1/s1. The molecule has 2 aliphatic rings. The van der Waals surface area contributed by atoms with Crippen LogP contribution in [0.4, 0.5) is 0 Å². The summed E-state index contributed by atoms with van der Waals surface area (Å²) in [6.07, 6.45) is 3.84. The van der Waals surface area contributed by atoms with Crippen LogP contribution in [0.2, 0.25) is 0 Å². The summed E-state index contributed by atoms with van der Waals surface area (Å²) >= 11 is 0. The van der Waals surface area contributed by atoms with E-state index in [9.17, 15) is 4.79 Å². The summed E-state index contributed by atoms with van der Waals surface area (Å²) in [6.45, 7) is 7.41. The lowest BCUT2D eigenvalue weighted by molar-refractivity contribution is -0.142. The number of benzene rings is 1. The van der Waals surface area contributed by atoms with Crippen molar-refractivity contribution in [1.29, 1.82) is 0 Å². The van der Waals surface area contributed by atoms with Gasteiger partial charge in [-0.05, 0) is 23.6 Å². The predicted molar refractivity (Wildman–Crippen MR) is 108 cm³/mol. The third-order valence-electron chi connectivity index (χ3n) is 5.91. The molecule has 150 valence electrons. The van der Waals surface area contributed by atoms with Gasteiger partial charge in [0.1, 0.15) is 11.8 Å². The molecule has 4 rings (SSSR count). The molecule has 0 aliphatic carbocycles. The maximum atomic E-state index is 12.9. The predicted octanol–water partition coefficient (Wildman–Crippen LogP) is 1.32. The molecule has 28 heavy (non-hydrogen) atoms. The fourth-order valence-corrected chi connectivity index (χ4v) is 4.26. The zero-order chi connectivity index (χ0) is 19.7. The first-order valence-electron chi connectivity index (χ1n) is 9.97. The zero-order valence-electron chi connectivity index (χ0n) is 16.9. The maximum Gasteiger partial charge on any atom is 0.241 e. The molecule has 2 fully saturated rings. The van der Waals surface area contributed by atoms with Gasteiger partial charge < -0.3 is 15.0 Å². The molecule has 1 amide bonds. The fourth-order valence-electron chi connectivity index (χ4n) is 4.26. The second kappa shape index (κ2) is 7.93. The Kier molecular flexibility index (Phi) is 5.37. The van der Waals surface area contributed by atoms with Crippen molar-refractivity contribution in [2.45, 2.75) is 18.9 Å². The highest BCUT2D eigenvalue weighted by molar-refractivity contribution is 5.83. The Labute approximate surface area is 166 Å². The average molecular weight is 383 g/mol. The van der Waals surface area contributed by atoms with Crippen molar-refractivity contribution in [2.24, 2.45) is 7.05 Å². The van der Waals surface area contributed by atoms with E-state index >= 15 is 0 Å². The average Bonchev–Trinajstić information content (AvgIpc) is 3.16. The number of amides is 1. The lowest BCUT2D eigenvalue weighted by Gasteiger charge is -2.44. The lowest BCUT2D eigenvalue weighted by atomic mass is 9.95. The smallest absolute Gasteiger partial charge is 0.241 e. The van der Waals surface area contributed by atoms with Crippen LogP contribution < -0.4 is 10.1 Å². The van der Waals surface area contributed by atoms with Crippen LogP contribution >= 0.6 is 0 Å². The molecule has 0 saturated carbocycles. The van der Waals surface area contributed by atoms with Gasteiger partial charge in [0.2, 0.25) is 5.91 Å². The number of piperazine rings is 2. The monoisotopic (exact) mass is 383 g/mol. The Morgan fingerprint density at radius 1 is 1.32 bits per heavy atom.